The zero-order valence-corrected chi connectivity index (χ0v) is 9.34. The highest BCUT2D eigenvalue weighted by Gasteiger charge is 2.21. The van der Waals surface area contributed by atoms with Crippen LogP contribution < -0.4 is 10.1 Å². The average molecular weight is 227 g/mol. The van der Waals surface area contributed by atoms with Gasteiger partial charge in [-0.1, -0.05) is 0 Å². The van der Waals surface area contributed by atoms with Crippen molar-refractivity contribution in [1.29, 1.82) is 0 Å². The standard InChI is InChI=1S/C11H17NO4/c1-12-6-9(14)11(15)8-5-7(13)3-4-10(8)16-2/h3-5,9,11-15H,6H2,1-2H3. The van der Waals surface area contributed by atoms with Crippen molar-refractivity contribution in [3.8, 4) is 11.5 Å². The summed E-state index contributed by atoms with van der Waals surface area (Å²) in [5, 5.41) is 31.6. The molecule has 0 saturated carbocycles. The quantitative estimate of drug-likeness (QED) is 0.570. The molecule has 90 valence electrons. The normalized spacial score (nSPS) is 14.5. The Morgan fingerprint density at radius 1 is 1.38 bits per heavy atom. The second-order valence-electron chi connectivity index (χ2n) is 3.50. The van der Waals surface area contributed by atoms with Crippen LogP contribution in [-0.2, 0) is 0 Å². The van der Waals surface area contributed by atoms with Gasteiger partial charge in [0.1, 0.15) is 17.6 Å². The van der Waals surface area contributed by atoms with Gasteiger partial charge in [0.2, 0.25) is 0 Å². The van der Waals surface area contributed by atoms with Gasteiger partial charge in [0, 0.05) is 12.1 Å². The molecular formula is C11H17NO4. The molecule has 2 atom stereocenters. The summed E-state index contributed by atoms with van der Waals surface area (Å²) in [7, 11) is 3.14. The van der Waals surface area contributed by atoms with E-state index in [0.717, 1.165) is 0 Å². The van der Waals surface area contributed by atoms with Gasteiger partial charge in [0.15, 0.2) is 0 Å². The number of likely N-dealkylation sites (N-methyl/N-ethyl adjacent to an activating group) is 1. The molecule has 0 aliphatic rings. The van der Waals surface area contributed by atoms with E-state index in [0.29, 0.717) is 11.3 Å². The first-order valence-electron chi connectivity index (χ1n) is 4.97. The van der Waals surface area contributed by atoms with Crippen molar-refractivity contribution in [2.75, 3.05) is 20.7 Å². The van der Waals surface area contributed by atoms with Crippen molar-refractivity contribution in [2.24, 2.45) is 0 Å². The van der Waals surface area contributed by atoms with Crippen LogP contribution in [0.25, 0.3) is 0 Å². The maximum atomic E-state index is 9.88. The van der Waals surface area contributed by atoms with Crippen molar-refractivity contribution in [3.63, 3.8) is 0 Å². The average Bonchev–Trinajstić information content (AvgIpc) is 2.28. The third-order valence-corrected chi connectivity index (χ3v) is 2.31. The number of nitrogens with one attached hydrogen (secondary N) is 1. The molecule has 4 N–H and O–H groups in total. The van der Waals surface area contributed by atoms with E-state index in [1.807, 2.05) is 0 Å². The molecule has 0 saturated heterocycles. The molecule has 1 aromatic carbocycles. The van der Waals surface area contributed by atoms with E-state index in [9.17, 15) is 15.3 Å². The fourth-order valence-corrected chi connectivity index (χ4v) is 1.48. The predicted molar refractivity (Wildman–Crippen MR) is 59.6 cm³/mol. The van der Waals surface area contributed by atoms with Crippen molar-refractivity contribution in [2.45, 2.75) is 12.2 Å². The zero-order chi connectivity index (χ0) is 12.1. The van der Waals surface area contributed by atoms with E-state index < -0.39 is 12.2 Å². The first-order valence-corrected chi connectivity index (χ1v) is 4.97. The Morgan fingerprint density at radius 3 is 2.62 bits per heavy atom. The highest BCUT2D eigenvalue weighted by atomic mass is 16.5. The highest BCUT2D eigenvalue weighted by molar-refractivity contribution is 5.41. The first-order chi connectivity index (χ1) is 7.60. The summed E-state index contributed by atoms with van der Waals surface area (Å²) in [6.45, 7) is 0.250. The maximum Gasteiger partial charge on any atom is 0.125 e. The highest BCUT2D eigenvalue weighted by Crippen LogP contribution is 2.30. The van der Waals surface area contributed by atoms with E-state index in [1.165, 1.54) is 19.2 Å². The summed E-state index contributed by atoms with van der Waals surface area (Å²) in [5.41, 5.74) is 0.366. The van der Waals surface area contributed by atoms with Crippen molar-refractivity contribution >= 4 is 0 Å². The number of phenolic OH excluding ortho intramolecular Hbond substituents is 1. The van der Waals surface area contributed by atoms with E-state index >= 15 is 0 Å². The molecule has 0 amide bonds. The lowest BCUT2D eigenvalue weighted by atomic mass is 10.0. The Hall–Kier alpha value is -1.30. The molecule has 5 nitrogen and oxygen atoms in total. The van der Waals surface area contributed by atoms with Crippen LogP contribution in [0.1, 0.15) is 11.7 Å². The van der Waals surface area contributed by atoms with Gasteiger partial charge < -0.3 is 25.4 Å². The Morgan fingerprint density at radius 2 is 2.06 bits per heavy atom. The molecule has 0 aliphatic heterocycles. The molecule has 0 aromatic heterocycles. The largest absolute Gasteiger partial charge is 0.508 e. The van der Waals surface area contributed by atoms with E-state index in [-0.39, 0.29) is 12.3 Å². The minimum Gasteiger partial charge on any atom is -0.508 e. The summed E-state index contributed by atoms with van der Waals surface area (Å²) in [4.78, 5) is 0. The van der Waals surface area contributed by atoms with Gasteiger partial charge >= 0.3 is 0 Å². The number of rotatable bonds is 5. The zero-order valence-electron chi connectivity index (χ0n) is 9.34. The third-order valence-electron chi connectivity index (χ3n) is 2.31. The van der Waals surface area contributed by atoms with Crippen LogP contribution in [0, 0.1) is 0 Å². The van der Waals surface area contributed by atoms with Gasteiger partial charge in [0.25, 0.3) is 0 Å². The van der Waals surface area contributed by atoms with Gasteiger partial charge in [0.05, 0.1) is 13.2 Å². The topological polar surface area (TPSA) is 82.0 Å². The van der Waals surface area contributed by atoms with Crippen LogP contribution in [0.2, 0.25) is 0 Å². The van der Waals surface area contributed by atoms with Gasteiger partial charge in [-0.25, -0.2) is 0 Å². The van der Waals surface area contributed by atoms with Crippen LogP contribution in [0.15, 0.2) is 18.2 Å². The number of ether oxygens (including phenoxy) is 1. The molecule has 16 heavy (non-hydrogen) atoms. The summed E-state index contributed by atoms with van der Waals surface area (Å²) in [6, 6.07) is 4.38. The monoisotopic (exact) mass is 227 g/mol. The minimum atomic E-state index is -1.10. The predicted octanol–water partition coefficient (Wildman–Crippen LogP) is 0.0145. The Labute approximate surface area is 94.3 Å². The number of hydrogen-bond acceptors (Lipinski definition) is 5. The third kappa shape index (κ3) is 2.85. The van der Waals surface area contributed by atoms with Gasteiger partial charge in [-0.2, -0.15) is 0 Å². The second-order valence-corrected chi connectivity index (χ2v) is 3.50. The van der Waals surface area contributed by atoms with E-state index in [4.69, 9.17) is 4.74 Å². The Bertz CT molecular complexity index is 343. The van der Waals surface area contributed by atoms with Gasteiger partial charge in [-0.15, -0.1) is 0 Å². The smallest absolute Gasteiger partial charge is 0.125 e. The molecule has 0 spiro atoms. The lowest BCUT2D eigenvalue weighted by molar-refractivity contribution is 0.0187. The lowest BCUT2D eigenvalue weighted by Crippen LogP contribution is -2.29. The molecular weight excluding hydrogens is 210 g/mol. The van der Waals surface area contributed by atoms with Crippen molar-refractivity contribution < 1.29 is 20.1 Å². The van der Waals surface area contributed by atoms with Gasteiger partial charge in [-0.3, -0.25) is 0 Å². The summed E-state index contributed by atoms with van der Waals surface area (Å²) < 4.78 is 5.05. The van der Waals surface area contributed by atoms with Crippen molar-refractivity contribution in [3.05, 3.63) is 23.8 Å². The maximum absolute atomic E-state index is 9.88. The Balaban J connectivity index is 2.96. The number of phenols is 1. The fraction of sp³-hybridized carbons (Fsp3) is 0.455. The number of aromatic hydroxyl groups is 1. The number of methoxy groups -OCH3 is 1. The molecule has 2 unspecified atom stereocenters. The number of aliphatic hydroxyl groups excluding tert-OH is 2. The molecule has 0 fully saturated rings. The molecule has 0 bridgehead atoms. The van der Waals surface area contributed by atoms with Crippen LogP contribution in [-0.4, -0.2) is 42.1 Å². The lowest BCUT2D eigenvalue weighted by Gasteiger charge is -2.20. The van der Waals surface area contributed by atoms with E-state index in [2.05, 4.69) is 5.32 Å². The second kappa shape index (κ2) is 5.69. The summed E-state index contributed by atoms with van der Waals surface area (Å²) in [5.74, 6) is 0.451. The molecule has 5 heteroatoms. The summed E-state index contributed by atoms with van der Waals surface area (Å²) >= 11 is 0. The molecule has 1 rings (SSSR count). The molecule has 0 radical (unpaired) electrons. The molecule has 0 aliphatic carbocycles. The number of aliphatic hydroxyl groups is 2. The van der Waals surface area contributed by atoms with E-state index in [1.54, 1.807) is 13.1 Å². The van der Waals surface area contributed by atoms with Crippen LogP contribution in [0.4, 0.5) is 0 Å². The van der Waals surface area contributed by atoms with Gasteiger partial charge in [-0.05, 0) is 25.2 Å². The SMILES string of the molecule is CNCC(O)C(O)c1cc(O)ccc1OC. The first kappa shape index (κ1) is 12.8. The number of benzene rings is 1. The Kier molecular flexibility index (Phi) is 4.54. The summed E-state index contributed by atoms with van der Waals surface area (Å²) in [6.07, 6.45) is -2.06. The van der Waals surface area contributed by atoms with Crippen LogP contribution in [0.3, 0.4) is 0 Å². The molecule has 0 heterocycles. The number of hydrogen-bond donors (Lipinski definition) is 4. The molecule has 1 aromatic rings. The van der Waals surface area contributed by atoms with Crippen LogP contribution in [0.5, 0.6) is 11.5 Å². The minimum absolute atomic E-state index is 0.0199. The van der Waals surface area contributed by atoms with Crippen LogP contribution >= 0.6 is 0 Å². The van der Waals surface area contributed by atoms with Crippen molar-refractivity contribution in [1.82, 2.24) is 5.32 Å². The fourth-order valence-electron chi connectivity index (χ4n) is 1.48.